The minimum Gasteiger partial charge on any atom is -0.331 e. The third-order valence-corrected chi connectivity index (χ3v) is 5.96. The molecular weight excluding hydrogens is 450 g/mol. The monoisotopic (exact) mass is 475 g/mol. The summed E-state index contributed by atoms with van der Waals surface area (Å²) in [5.41, 5.74) is 9.27. The Balaban J connectivity index is 1.30. The zero-order valence-corrected chi connectivity index (χ0v) is 19.9. The number of hydrogen-bond donors (Lipinski definition) is 2. The SMILES string of the molecule is S=C(N/N=C\c1ccc(N2N=C(c3ccccc3)C[C@@H]2c2ccccc2)cc1)Nc1ccccc1. The fourth-order valence-electron chi connectivity index (χ4n) is 4.05. The Kier molecular flexibility index (Phi) is 6.92. The highest BCUT2D eigenvalue weighted by Gasteiger charge is 2.29. The van der Waals surface area contributed by atoms with E-state index >= 15 is 0 Å². The lowest BCUT2D eigenvalue weighted by molar-refractivity contribution is 0.709. The van der Waals surface area contributed by atoms with Gasteiger partial charge in [-0.05, 0) is 53.2 Å². The summed E-state index contributed by atoms with van der Waals surface area (Å²) >= 11 is 5.30. The van der Waals surface area contributed by atoms with Crippen molar-refractivity contribution in [2.45, 2.75) is 12.5 Å². The van der Waals surface area contributed by atoms with Gasteiger partial charge in [-0.15, -0.1) is 0 Å². The Hall–Kier alpha value is -4.29. The number of hydrogen-bond acceptors (Lipinski definition) is 4. The van der Waals surface area contributed by atoms with Crippen molar-refractivity contribution in [2.24, 2.45) is 10.2 Å². The molecule has 2 N–H and O–H groups in total. The van der Waals surface area contributed by atoms with E-state index in [-0.39, 0.29) is 6.04 Å². The lowest BCUT2D eigenvalue weighted by atomic mass is 9.98. The van der Waals surface area contributed by atoms with Gasteiger partial charge in [0.1, 0.15) is 0 Å². The molecule has 1 aliphatic rings. The van der Waals surface area contributed by atoms with E-state index in [1.165, 1.54) is 5.56 Å². The quantitative estimate of drug-likeness (QED) is 0.193. The molecule has 5 nitrogen and oxygen atoms in total. The van der Waals surface area contributed by atoms with Crippen LogP contribution in [-0.4, -0.2) is 17.0 Å². The Morgan fingerprint density at radius 2 is 1.46 bits per heavy atom. The molecule has 0 radical (unpaired) electrons. The van der Waals surface area contributed by atoms with Crippen LogP contribution in [0.15, 0.2) is 125 Å². The van der Waals surface area contributed by atoms with Gasteiger partial charge in [0.15, 0.2) is 5.11 Å². The van der Waals surface area contributed by atoms with Crippen LogP contribution in [0.3, 0.4) is 0 Å². The van der Waals surface area contributed by atoms with Gasteiger partial charge < -0.3 is 5.32 Å². The van der Waals surface area contributed by atoms with Gasteiger partial charge in [-0.2, -0.15) is 10.2 Å². The molecule has 4 aromatic carbocycles. The van der Waals surface area contributed by atoms with Crippen LogP contribution in [-0.2, 0) is 0 Å². The molecule has 35 heavy (non-hydrogen) atoms. The van der Waals surface area contributed by atoms with Crippen LogP contribution >= 0.6 is 12.2 Å². The average molecular weight is 476 g/mol. The topological polar surface area (TPSA) is 52.0 Å². The zero-order valence-electron chi connectivity index (χ0n) is 19.1. The molecule has 1 atom stereocenters. The summed E-state index contributed by atoms with van der Waals surface area (Å²) in [4.78, 5) is 0. The molecule has 0 amide bonds. The summed E-state index contributed by atoms with van der Waals surface area (Å²) in [5.74, 6) is 0. The Morgan fingerprint density at radius 3 is 2.14 bits per heavy atom. The molecule has 0 aliphatic carbocycles. The van der Waals surface area contributed by atoms with Crippen LogP contribution in [0.1, 0.15) is 29.2 Å². The maximum atomic E-state index is 5.30. The van der Waals surface area contributed by atoms with E-state index < -0.39 is 0 Å². The number of nitrogens with zero attached hydrogens (tertiary/aromatic N) is 3. The van der Waals surface area contributed by atoms with Crippen molar-refractivity contribution in [2.75, 3.05) is 10.3 Å². The van der Waals surface area contributed by atoms with Gasteiger partial charge in [0.05, 0.1) is 23.7 Å². The summed E-state index contributed by atoms with van der Waals surface area (Å²) in [7, 11) is 0. The van der Waals surface area contributed by atoms with Crippen LogP contribution in [0.4, 0.5) is 11.4 Å². The number of hydrazone groups is 2. The number of rotatable bonds is 6. The fraction of sp³-hybridized carbons (Fsp3) is 0.0690. The third kappa shape index (κ3) is 5.62. The van der Waals surface area contributed by atoms with Crippen LogP contribution in [0.5, 0.6) is 0 Å². The molecule has 172 valence electrons. The van der Waals surface area contributed by atoms with E-state index in [9.17, 15) is 0 Å². The smallest absolute Gasteiger partial charge is 0.191 e. The molecule has 4 aromatic rings. The van der Waals surface area contributed by atoms with Gasteiger partial charge in [-0.3, -0.25) is 10.4 Å². The lowest BCUT2D eigenvalue weighted by Crippen LogP contribution is -2.23. The maximum Gasteiger partial charge on any atom is 0.191 e. The molecule has 0 bridgehead atoms. The third-order valence-electron chi connectivity index (χ3n) is 5.77. The largest absolute Gasteiger partial charge is 0.331 e. The van der Waals surface area contributed by atoms with E-state index in [0.717, 1.165) is 34.6 Å². The van der Waals surface area contributed by atoms with Crippen molar-refractivity contribution in [3.63, 3.8) is 0 Å². The lowest BCUT2D eigenvalue weighted by Gasteiger charge is -2.24. The first kappa shape index (κ1) is 22.5. The normalized spacial score (nSPS) is 15.1. The number of para-hydroxylation sites is 1. The summed E-state index contributed by atoms with van der Waals surface area (Å²) in [6, 6.07) is 39.1. The van der Waals surface area contributed by atoms with E-state index in [0.29, 0.717) is 5.11 Å². The first-order chi connectivity index (χ1) is 17.3. The highest BCUT2D eigenvalue weighted by Crippen LogP contribution is 2.36. The Labute approximate surface area is 210 Å². The van der Waals surface area contributed by atoms with Gasteiger partial charge in [0.25, 0.3) is 0 Å². The molecule has 0 saturated carbocycles. The van der Waals surface area contributed by atoms with Crippen molar-refractivity contribution < 1.29 is 0 Å². The second-order valence-corrected chi connectivity index (χ2v) is 8.58. The number of nitrogens with one attached hydrogen (secondary N) is 2. The Morgan fingerprint density at radius 1 is 0.829 bits per heavy atom. The predicted octanol–water partition coefficient (Wildman–Crippen LogP) is 6.36. The molecule has 0 fully saturated rings. The molecule has 0 spiro atoms. The van der Waals surface area contributed by atoms with Crippen LogP contribution in [0.2, 0.25) is 0 Å². The predicted molar refractivity (Wildman–Crippen MR) is 149 cm³/mol. The summed E-state index contributed by atoms with van der Waals surface area (Å²) < 4.78 is 0. The van der Waals surface area contributed by atoms with Gasteiger partial charge in [0.2, 0.25) is 0 Å². The summed E-state index contributed by atoms with van der Waals surface area (Å²) in [6.07, 6.45) is 2.60. The highest BCUT2D eigenvalue weighted by molar-refractivity contribution is 7.80. The maximum absolute atomic E-state index is 5.30. The second-order valence-electron chi connectivity index (χ2n) is 8.17. The van der Waals surface area contributed by atoms with E-state index in [1.54, 1.807) is 6.21 Å². The van der Waals surface area contributed by atoms with Gasteiger partial charge in [0, 0.05) is 12.1 Å². The average Bonchev–Trinajstić information content (AvgIpc) is 3.36. The molecule has 5 rings (SSSR count). The molecule has 0 saturated heterocycles. The van der Waals surface area contributed by atoms with Crippen molar-refractivity contribution in [1.82, 2.24) is 5.43 Å². The van der Waals surface area contributed by atoms with E-state index in [1.807, 2.05) is 54.6 Å². The molecular formula is C29H25N5S. The van der Waals surface area contributed by atoms with Crippen LogP contribution in [0.25, 0.3) is 0 Å². The molecule has 0 unspecified atom stereocenters. The molecule has 0 aromatic heterocycles. The van der Waals surface area contributed by atoms with Crippen LogP contribution < -0.4 is 15.8 Å². The number of benzene rings is 4. The van der Waals surface area contributed by atoms with Crippen molar-refractivity contribution in [3.05, 3.63) is 132 Å². The van der Waals surface area contributed by atoms with Gasteiger partial charge in [-0.25, -0.2) is 0 Å². The summed E-state index contributed by atoms with van der Waals surface area (Å²) in [5, 5.41) is 14.9. The summed E-state index contributed by atoms with van der Waals surface area (Å²) in [6.45, 7) is 0. The van der Waals surface area contributed by atoms with Crippen LogP contribution in [0, 0.1) is 0 Å². The van der Waals surface area contributed by atoms with Gasteiger partial charge in [-0.1, -0.05) is 91.0 Å². The minimum atomic E-state index is 0.147. The second kappa shape index (κ2) is 10.8. The number of anilines is 2. The standard InChI is InChI=1S/C29H25N5S/c35-29(31-25-14-8-3-9-15-25)32-30-21-22-16-18-26(19-17-22)34-28(24-12-6-2-7-13-24)20-27(33-34)23-10-4-1-5-11-23/h1-19,21,28H,20H2,(H2,31,32,35)/b30-21-/t28-/m1/s1. The first-order valence-electron chi connectivity index (χ1n) is 11.5. The Bertz CT molecular complexity index is 1320. The van der Waals surface area contributed by atoms with E-state index in [2.05, 4.69) is 81.5 Å². The minimum absolute atomic E-state index is 0.147. The molecule has 1 heterocycles. The fourth-order valence-corrected chi connectivity index (χ4v) is 4.22. The van der Waals surface area contributed by atoms with Crippen molar-refractivity contribution in [1.29, 1.82) is 0 Å². The van der Waals surface area contributed by atoms with Crippen molar-refractivity contribution >= 4 is 40.6 Å². The highest BCUT2D eigenvalue weighted by atomic mass is 32.1. The zero-order chi connectivity index (χ0) is 23.9. The molecule has 1 aliphatic heterocycles. The molecule has 6 heteroatoms. The first-order valence-corrected chi connectivity index (χ1v) is 11.9. The van der Waals surface area contributed by atoms with Crippen molar-refractivity contribution in [3.8, 4) is 0 Å². The van der Waals surface area contributed by atoms with Gasteiger partial charge >= 0.3 is 0 Å². The number of thiocarbonyl (C=S) groups is 1. The van der Waals surface area contributed by atoms with E-state index in [4.69, 9.17) is 17.3 Å².